The number of anilines is 1. The molecule has 1 aromatic heterocycles. The van der Waals surface area contributed by atoms with Crippen LogP contribution in [0.1, 0.15) is 30.1 Å². The number of methoxy groups -OCH3 is 2. The molecule has 10 heteroatoms. The lowest BCUT2D eigenvalue weighted by Gasteiger charge is -2.13. The van der Waals surface area contributed by atoms with Crippen molar-refractivity contribution in [1.29, 1.82) is 0 Å². The molecule has 0 saturated heterocycles. The Bertz CT molecular complexity index is 847. The molecule has 0 radical (unpaired) electrons. The molecule has 152 valence electrons. The number of halogens is 3. The van der Waals surface area contributed by atoms with Crippen LogP contribution in [-0.2, 0) is 12.7 Å². The second-order valence-corrected chi connectivity index (χ2v) is 6.40. The van der Waals surface area contributed by atoms with E-state index in [1.807, 2.05) is 0 Å². The highest BCUT2D eigenvalue weighted by atomic mass is 19.4. The fourth-order valence-electron chi connectivity index (χ4n) is 2.80. The number of hydrogen-bond donors (Lipinski definition) is 2. The van der Waals surface area contributed by atoms with Gasteiger partial charge in [-0.15, -0.1) is 0 Å². The summed E-state index contributed by atoms with van der Waals surface area (Å²) in [7, 11) is 2.98. The van der Waals surface area contributed by atoms with Crippen LogP contribution >= 0.6 is 0 Å². The zero-order chi connectivity index (χ0) is 20.3. The van der Waals surface area contributed by atoms with Crippen molar-refractivity contribution in [2.24, 2.45) is 0 Å². The van der Waals surface area contributed by atoms with Crippen molar-refractivity contribution in [3.63, 3.8) is 0 Å². The van der Waals surface area contributed by atoms with Crippen LogP contribution in [0.25, 0.3) is 0 Å². The summed E-state index contributed by atoms with van der Waals surface area (Å²) in [4.78, 5) is 12.1. The number of nitrogens with one attached hydrogen (secondary N) is 2. The first-order valence-corrected chi connectivity index (χ1v) is 8.73. The molecule has 1 aliphatic rings. The molecule has 1 aliphatic carbocycles. The maximum atomic E-state index is 12.9. The van der Waals surface area contributed by atoms with Gasteiger partial charge in [0, 0.05) is 24.2 Å². The van der Waals surface area contributed by atoms with Crippen LogP contribution in [0.15, 0.2) is 24.3 Å². The summed E-state index contributed by atoms with van der Waals surface area (Å²) in [5.74, 6) is 1.11. The highest BCUT2D eigenvalue weighted by molar-refractivity contribution is 5.91. The number of benzene rings is 1. The molecule has 0 spiro atoms. The van der Waals surface area contributed by atoms with Crippen LogP contribution < -0.4 is 20.1 Å². The van der Waals surface area contributed by atoms with Crippen LogP contribution in [0.5, 0.6) is 11.5 Å². The zero-order valence-electron chi connectivity index (χ0n) is 15.5. The second kappa shape index (κ2) is 7.99. The Hall–Kier alpha value is -2.91. The summed E-state index contributed by atoms with van der Waals surface area (Å²) in [6, 6.07) is 5.52. The van der Waals surface area contributed by atoms with Crippen molar-refractivity contribution in [3.8, 4) is 11.5 Å². The largest absolute Gasteiger partial charge is 0.497 e. The van der Waals surface area contributed by atoms with E-state index in [1.165, 1.54) is 18.9 Å². The van der Waals surface area contributed by atoms with Gasteiger partial charge in [0.05, 0.1) is 26.5 Å². The summed E-state index contributed by atoms with van der Waals surface area (Å²) in [6.07, 6.45) is -2.77. The number of carbonyl (C=O) groups is 1. The fourth-order valence-corrected chi connectivity index (χ4v) is 2.80. The number of hydrogen-bond acceptors (Lipinski definition) is 4. The van der Waals surface area contributed by atoms with Gasteiger partial charge in [-0.1, -0.05) is 0 Å². The van der Waals surface area contributed by atoms with Crippen molar-refractivity contribution in [3.05, 3.63) is 35.7 Å². The third kappa shape index (κ3) is 4.68. The maximum Gasteiger partial charge on any atom is 0.435 e. The average molecular weight is 398 g/mol. The molecule has 1 aromatic carbocycles. The molecule has 0 atom stereocenters. The van der Waals surface area contributed by atoms with E-state index in [2.05, 4.69) is 15.7 Å². The van der Waals surface area contributed by atoms with E-state index < -0.39 is 17.9 Å². The van der Waals surface area contributed by atoms with Gasteiger partial charge in [0.25, 0.3) is 0 Å². The van der Waals surface area contributed by atoms with E-state index in [-0.39, 0.29) is 19.0 Å². The van der Waals surface area contributed by atoms with E-state index in [1.54, 1.807) is 18.2 Å². The van der Waals surface area contributed by atoms with Crippen LogP contribution in [0, 0.1) is 0 Å². The van der Waals surface area contributed by atoms with Gasteiger partial charge in [-0.2, -0.15) is 18.3 Å². The van der Waals surface area contributed by atoms with E-state index >= 15 is 0 Å². The average Bonchev–Trinajstić information content (AvgIpc) is 3.40. The number of urea groups is 1. The first kappa shape index (κ1) is 19.8. The van der Waals surface area contributed by atoms with E-state index in [0.29, 0.717) is 22.9 Å². The number of nitrogens with zero attached hydrogens (tertiary/aromatic N) is 2. The number of rotatable bonds is 7. The summed E-state index contributed by atoms with van der Waals surface area (Å²) >= 11 is 0. The minimum Gasteiger partial charge on any atom is -0.497 e. The predicted octanol–water partition coefficient (Wildman–Crippen LogP) is 3.62. The van der Waals surface area contributed by atoms with E-state index in [0.717, 1.165) is 18.9 Å². The van der Waals surface area contributed by atoms with Crippen LogP contribution in [-0.4, -0.2) is 36.6 Å². The lowest BCUT2D eigenvalue weighted by Crippen LogP contribution is -2.32. The number of ether oxygens (including phenoxy) is 2. The smallest absolute Gasteiger partial charge is 0.435 e. The van der Waals surface area contributed by atoms with Crippen LogP contribution in [0.4, 0.5) is 23.7 Å². The highest BCUT2D eigenvalue weighted by Gasteiger charge is 2.37. The number of carbonyl (C=O) groups excluding carboxylic acids is 1. The molecule has 0 unspecified atom stereocenters. The Balaban J connectivity index is 1.58. The molecule has 7 nitrogen and oxygen atoms in total. The van der Waals surface area contributed by atoms with Gasteiger partial charge in [-0.25, -0.2) is 4.79 Å². The predicted molar refractivity (Wildman–Crippen MR) is 95.8 cm³/mol. The molecule has 3 rings (SSSR count). The first-order chi connectivity index (χ1) is 13.3. The molecular formula is C18H21F3N4O3. The van der Waals surface area contributed by atoms with Crippen molar-refractivity contribution in [2.45, 2.75) is 31.5 Å². The standard InChI is InChI=1S/C18H21F3N4O3/c1-27-12-5-6-13(15(9-12)28-2)23-17(26)22-7-8-25-14(11-3-4-11)10-16(24-25)18(19,20)21/h5-6,9-11H,3-4,7-8H2,1-2H3,(H2,22,23,26). The van der Waals surface area contributed by atoms with Crippen molar-refractivity contribution in [2.75, 3.05) is 26.1 Å². The van der Waals surface area contributed by atoms with Crippen molar-refractivity contribution in [1.82, 2.24) is 15.1 Å². The van der Waals surface area contributed by atoms with E-state index in [4.69, 9.17) is 9.47 Å². The molecule has 28 heavy (non-hydrogen) atoms. The van der Waals surface area contributed by atoms with Gasteiger partial charge in [0.1, 0.15) is 11.5 Å². The number of amides is 2. The third-order valence-corrected chi connectivity index (χ3v) is 4.36. The Morgan fingerprint density at radius 2 is 2.00 bits per heavy atom. The monoisotopic (exact) mass is 398 g/mol. The molecule has 2 N–H and O–H groups in total. The normalized spacial score (nSPS) is 13.9. The summed E-state index contributed by atoms with van der Waals surface area (Å²) < 4.78 is 50.3. The molecular weight excluding hydrogens is 377 g/mol. The van der Waals surface area contributed by atoms with Gasteiger partial charge in [-0.05, 0) is 31.0 Å². The minimum atomic E-state index is -4.48. The zero-order valence-corrected chi connectivity index (χ0v) is 15.5. The molecule has 2 amide bonds. The SMILES string of the molecule is COc1ccc(NC(=O)NCCn2nc(C(F)(F)F)cc2C2CC2)c(OC)c1. The molecule has 0 aliphatic heterocycles. The van der Waals surface area contributed by atoms with Gasteiger partial charge in [0.15, 0.2) is 5.69 Å². The molecule has 1 saturated carbocycles. The quantitative estimate of drug-likeness (QED) is 0.747. The Morgan fingerprint density at radius 1 is 1.25 bits per heavy atom. The summed E-state index contributed by atoms with van der Waals surface area (Å²) in [6.45, 7) is 0.276. The maximum absolute atomic E-state index is 12.9. The van der Waals surface area contributed by atoms with E-state index in [9.17, 15) is 18.0 Å². The lowest BCUT2D eigenvalue weighted by atomic mass is 10.2. The lowest BCUT2D eigenvalue weighted by molar-refractivity contribution is -0.141. The van der Waals surface area contributed by atoms with Gasteiger partial charge in [-0.3, -0.25) is 4.68 Å². The van der Waals surface area contributed by atoms with Crippen molar-refractivity contribution < 1.29 is 27.4 Å². The van der Waals surface area contributed by atoms with Gasteiger partial charge >= 0.3 is 12.2 Å². The van der Waals surface area contributed by atoms with Gasteiger partial charge < -0.3 is 20.1 Å². The minimum absolute atomic E-state index is 0.112. The summed E-state index contributed by atoms with van der Waals surface area (Å²) in [5, 5.41) is 8.91. The Morgan fingerprint density at radius 3 is 2.61 bits per heavy atom. The Labute approximate surface area is 159 Å². The highest BCUT2D eigenvalue weighted by Crippen LogP contribution is 2.42. The van der Waals surface area contributed by atoms with Crippen molar-refractivity contribution >= 4 is 11.7 Å². The Kier molecular flexibility index (Phi) is 5.66. The van der Waals surface area contributed by atoms with Gasteiger partial charge in [0.2, 0.25) is 0 Å². The number of aromatic nitrogens is 2. The topological polar surface area (TPSA) is 77.4 Å². The third-order valence-electron chi connectivity index (χ3n) is 4.36. The fraction of sp³-hybridized carbons (Fsp3) is 0.444. The molecule has 1 heterocycles. The molecule has 1 fully saturated rings. The summed E-state index contributed by atoms with van der Waals surface area (Å²) in [5.41, 5.74) is 0.103. The molecule has 0 bridgehead atoms. The second-order valence-electron chi connectivity index (χ2n) is 6.40. The molecule has 2 aromatic rings. The number of alkyl halides is 3. The van der Waals surface area contributed by atoms with Crippen LogP contribution in [0.2, 0.25) is 0 Å². The first-order valence-electron chi connectivity index (χ1n) is 8.73. The van der Waals surface area contributed by atoms with Crippen LogP contribution in [0.3, 0.4) is 0 Å².